The maximum Gasteiger partial charge on any atom is 0.251 e. The lowest BCUT2D eigenvalue weighted by molar-refractivity contribution is 0.0956. The van der Waals surface area contributed by atoms with Gasteiger partial charge in [0, 0.05) is 44.0 Å². The number of aryl methyl sites for hydroxylation is 2. The fraction of sp³-hybridized carbons (Fsp3) is 0.444. The SMILES string of the molecule is Cn1cc(CN2CC2COc2ccc3c(c2)CCCNC3=O)cn1. The highest BCUT2D eigenvalue weighted by molar-refractivity contribution is 5.96. The number of hydrogen-bond acceptors (Lipinski definition) is 4. The molecule has 0 aliphatic carbocycles. The highest BCUT2D eigenvalue weighted by Crippen LogP contribution is 2.25. The number of ether oxygens (including phenoxy) is 1. The molecular formula is C18H22N4O2. The second kappa shape index (κ2) is 6.28. The second-order valence-electron chi connectivity index (χ2n) is 6.59. The van der Waals surface area contributed by atoms with Crippen molar-refractivity contribution >= 4 is 5.91 Å². The minimum Gasteiger partial charge on any atom is -0.492 e. The van der Waals surface area contributed by atoms with E-state index >= 15 is 0 Å². The number of carbonyl (C=O) groups is 1. The number of benzene rings is 1. The number of rotatable bonds is 5. The van der Waals surface area contributed by atoms with Crippen LogP contribution >= 0.6 is 0 Å². The summed E-state index contributed by atoms with van der Waals surface area (Å²) in [6.45, 7) is 3.41. The zero-order chi connectivity index (χ0) is 16.5. The van der Waals surface area contributed by atoms with Gasteiger partial charge in [0.1, 0.15) is 12.4 Å². The minimum atomic E-state index is 0.0267. The zero-order valence-corrected chi connectivity index (χ0v) is 13.9. The molecule has 2 aliphatic rings. The van der Waals surface area contributed by atoms with E-state index < -0.39 is 0 Å². The predicted molar refractivity (Wildman–Crippen MR) is 90.0 cm³/mol. The third-order valence-corrected chi connectivity index (χ3v) is 4.64. The number of carbonyl (C=O) groups excluding carboxylic acids is 1. The Morgan fingerprint density at radius 1 is 1.42 bits per heavy atom. The molecule has 4 rings (SSSR count). The van der Waals surface area contributed by atoms with Gasteiger partial charge in [-0.3, -0.25) is 14.4 Å². The molecule has 0 saturated carbocycles. The molecule has 1 aromatic heterocycles. The molecule has 2 atom stereocenters. The number of fused-ring (bicyclic) bond motifs is 1. The number of amides is 1. The lowest BCUT2D eigenvalue weighted by Gasteiger charge is -2.10. The van der Waals surface area contributed by atoms with Crippen LogP contribution in [0.25, 0.3) is 0 Å². The van der Waals surface area contributed by atoms with Crippen molar-refractivity contribution in [3.05, 3.63) is 47.3 Å². The van der Waals surface area contributed by atoms with Crippen molar-refractivity contribution in [3.8, 4) is 5.75 Å². The van der Waals surface area contributed by atoms with Gasteiger partial charge in [-0.1, -0.05) is 0 Å². The van der Waals surface area contributed by atoms with E-state index in [0.717, 1.165) is 49.4 Å². The van der Waals surface area contributed by atoms with Crippen LogP contribution < -0.4 is 10.1 Å². The Morgan fingerprint density at radius 3 is 3.17 bits per heavy atom. The Kier molecular flexibility index (Phi) is 3.98. The number of aromatic nitrogens is 2. The summed E-state index contributed by atoms with van der Waals surface area (Å²) in [5, 5.41) is 7.11. The van der Waals surface area contributed by atoms with Gasteiger partial charge in [0.05, 0.1) is 12.2 Å². The van der Waals surface area contributed by atoms with E-state index in [-0.39, 0.29) is 5.91 Å². The molecule has 2 aliphatic heterocycles. The molecule has 6 heteroatoms. The fourth-order valence-electron chi connectivity index (χ4n) is 3.22. The van der Waals surface area contributed by atoms with Crippen molar-refractivity contribution in [2.75, 3.05) is 19.7 Å². The minimum absolute atomic E-state index is 0.0267. The van der Waals surface area contributed by atoms with Crippen LogP contribution in [-0.2, 0) is 20.0 Å². The predicted octanol–water partition coefficient (Wildman–Crippen LogP) is 1.36. The van der Waals surface area contributed by atoms with Crippen LogP contribution in [-0.4, -0.2) is 46.3 Å². The van der Waals surface area contributed by atoms with Crippen molar-refractivity contribution in [1.29, 1.82) is 0 Å². The van der Waals surface area contributed by atoms with Crippen molar-refractivity contribution < 1.29 is 9.53 Å². The van der Waals surface area contributed by atoms with Crippen molar-refractivity contribution in [1.82, 2.24) is 20.0 Å². The van der Waals surface area contributed by atoms with Gasteiger partial charge in [-0.05, 0) is 36.6 Å². The van der Waals surface area contributed by atoms with Crippen LogP contribution in [0.5, 0.6) is 5.75 Å². The van der Waals surface area contributed by atoms with Gasteiger partial charge >= 0.3 is 0 Å². The molecule has 0 bridgehead atoms. The molecule has 24 heavy (non-hydrogen) atoms. The number of nitrogens with one attached hydrogen (secondary N) is 1. The Bertz CT molecular complexity index is 755. The van der Waals surface area contributed by atoms with E-state index in [1.165, 1.54) is 5.56 Å². The summed E-state index contributed by atoms with van der Waals surface area (Å²) in [5.41, 5.74) is 3.10. The molecule has 1 fully saturated rings. The van der Waals surface area contributed by atoms with Crippen molar-refractivity contribution in [2.24, 2.45) is 7.05 Å². The Hall–Kier alpha value is -2.34. The van der Waals surface area contributed by atoms with Gasteiger partial charge in [0.2, 0.25) is 0 Å². The highest BCUT2D eigenvalue weighted by atomic mass is 16.5. The van der Waals surface area contributed by atoms with Gasteiger partial charge in [0.15, 0.2) is 0 Å². The molecule has 0 spiro atoms. The van der Waals surface area contributed by atoms with Crippen molar-refractivity contribution in [3.63, 3.8) is 0 Å². The molecule has 2 unspecified atom stereocenters. The van der Waals surface area contributed by atoms with Crippen LogP contribution in [0.1, 0.15) is 27.9 Å². The molecule has 1 N–H and O–H groups in total. The van der Waals surface area contributed by atoms with Gasteiger partial charge in [-0.15, -0.1) is 0 Å². The molecule has 126 valence electrons. The highest BCUT2D eigenvalue weighted by Gasteiger charge is 2.34. The molecule has 3 heterocycles. The van der Waals surface area contributed by atoms with Crippen LogP contribution in [0.4, 0.5) is 0 Å². The third-order valence-electron chi connectivity index (χ3n) is 4.64. The largest absolute Gasteiger partial charge is 0.492 e. The summed E-state index contributed by atoms with van der Waals surface area (Å²) < 4.78 is 7.78. The summed E-state index contributed by atoms with van der Waals surface area (Å²) >= 11 is 0. The van der Waals surface area contributed by atoms with Gasteiger partial charge in [0.25, 0.3) is 5.91 Å². The summed E-state index contributed by atoms with van der Waals surface area (Å²) in [7, 11) is 1.94. The lowest BCUT2D eigenvalue weighted by Crippen LogP contribution is -2.22. The molecule has 6 nitrogen and oxygen atoms in total. The average Bonchev–Trinajstić information content (AvgIpc) is 3.23. The summed E-state index contributed by atoms with van der Waals surface area (Å²) in [4.78, 5) is 14.3. The number of hydrogen-bond donors (Lipinski definition) is 1. The number of nitrogens with zero attached hydrogens (tertiary/aromatic N) is 3. The zero-order valence-electron chi connectivity index (χ0n) is 13.9. The lowest BCUT2D eigenvalue weighted by atomic mass is 10.0. The van der Waals surface area contributed by atoms with Crippen LogP contribution in [0.15, 0.2) is 30.6 Å². The summed E-state index contributed by atoms with van der Waals surface area (Å²) in [5.74, 6) is 0.885. The van der Waals surface area contributed by atoms with E-state index in [0.29, 0.717) is 12.6 Å². The first-order valence-corrected chi connectivity index (χ1v) is 8.44. The molecule has 1 amide bonds. The van der Waals surface area contributed by atoms with E-state index in [2.05, 4.69) is 15.3 Å². The van der Waals surface area contributed by atoms with E-state index in [1.54, 1.807) is 0 Å². The van der Waals surface area contributed by atoms with Gasteiger partial charge < -0.3 is 10.1 Å². The first-order chi connectivity index (χ1) is 11.7. The van der Waals surface area contributed by atoms with Crippen LogP contribution in [0.3, 0.4) is 0 Å². The second-order valence-corrected chi connectivity index (χ2v) is 6.59. The van der Waals surface area contributed by atoms with Crippen LogP contribution in [0, 0.1) is 0 Å². The maximum absolute atomic E-state index is 11.9. The summed E-state index contributed by atoms with van der Waals surface area (Å²) in [6.07, 6.45) is 5.85. The monoisotopic (exact) mass is 326 g/mol. The fourth-order valence-corrected chi connectivity index (χ4v) is 3.22. The molecule has 0 radical (unpaired) electrons. The van der Waals surface area contributed by atoms with Crippen molar-refractivity contribution in [2.45, 2.75) is 25.4 Å². The van der Waals surface area contributed by atoms with E-state index in [1.807, 2.05) is 42.3 Å². The molecule has 1 aromatic carbocycles. The van der Waals surface area contributed by atoms with Crippen LogP contribution in [0.2, 0.25) is 0 Å². The first kappa shape index (κ1) is 15.2. The quantitative estimate of drug-likeness (QED) is 0.843. The normalized spacial score (nSPS) is 22.5. The Labute approximate surface area is 141 Å². The topological polar surface area (TPSA) is 59.2 Å². The molecule has 1 saturated heterocycles. The van der Waals surface area contributed by atoms with E-state index in [9.17, 15) is 4.79 Å². The Balaban J connectivity index is 1.32. The Morgan fingerprint density at radius 2 is 2.33 bits per heavy atom. The standard InChI is InChI=1S/C18H22N4O2/c1-21-9-13(8-20-21)10-22-11-15(22)12-24-16-4-5-17-14(7-16)3-2-6-19-18(17)23/h4-5,7-9,15H,2-3,6,10-12H2,1H3,(H,19,23). The molecule has 2 aromatic rings. The maximum atomic E-state index is 11.9. The summed E-state index contributed by atoms with van der Waals surface area (Å²) in [6, 6.07) is 6.27. The van der Waals surface area contributed by atoms with Gasteiger partial charge in [-0.25, -0.2) is 0 Å². The van der Waals surface area contributed by atoms with E-state index in [4.69, 9.17) is 4.74 Å². The third kappa shape index (κ3) is 3.28. The van der Waals surface area contributed by atoms with Gasteiger partial charge in [-0.2, -0.15) is 5.10 Å². The molecular weight excluding hydrogens is 304 g/mol. The smallest absolute Gasteiger partial charge is 0.251 e. The first-order valence-electron chi connectivity index (χ1n) is 8.44. The average molecular weight is 326 g/mol.